The normalized spacial score (nSPS) is 11.5. The molecular weight excluding hydrogens is 227 g/mol. The van der Waals surface area contributed by atoms with E-state index in [9.17, 15) is 19.1 Å². The standard InChI is InChI=1S/C11H15O4P/c1-8-3-9(2)5-10(4-8)6-11(12)7-16(13,14)15/h3-5H,6-7H2,1-2H3,(H2,13,14,15)/p-2. The molecule has 88 valence electrons. The monoisotopic (exact) mass is 240 g/mol. The highest BCUT2D eigenvalue weighted by Gasteiger charge is 2.06. The number of rotatable bonds is 4. The minimum Gasteiger partial charge on any atom is -0.810 e. The summed E-state index contributed by atoms with van der Waals surface area (Å²) < 4.78 is 10.4. The highest BCUT2D eigenvalue weighted by Crippen LogP contribution is 2.23. The lowest BCUT2D eigenvalue weighted by Crippen LogP contribution is -2.22. The van der Waals surface area contributed by atoms with Gasteiger partial charge in [-0.15, -0.1) is 0 Å². The number of aryl methyl sites for hydroxylation is 2. The molecule has 0 aliphatic rings. The van der Waals surface area contributed by atoms with E-state index < -0.39 is 19.5 Å². The van der Waals surface area contributed by atoms with Crippen LogP contribution in [-0.2, 0) is 15.8 Å². The van der Waals surface area contributed by atoms with E-state index in [1.54, 1.807) is 0 Å². The van der Waals surface area contributed by atoms with Crippen LogP contribution in [0.3, 0.4) is 0 Å². The summed E-state index contributed by atoms with van der Waals surface area (Å²) in [5.74, 6) is -0.557. The zero-order valence-electron chi connectivity index (χ0n) is 9.23. The molecule has 1 rings (SSSR count). The van der Waals surface area contributed by atoms with Crippen LogP contribution in [0.15, 0.2) is 18.2 Å². The summed E-state index contributed by atoms with van der Waals surface area (Å²) in [5.41, 5.74) is 2.77. The number of hydrogen-bond donors (Lipinski definition) is 0. The van der Waals surface area contributed by atoms with Gasteiger partial charge in [-0.05, 0) is 19.4 Å². The summed E-state index contributed by atoms with van der Waals surface area (Å²) >= 11 is 0. The third kappa shape index (κ3) is 4.71. The Morgan fingerprint density at radius 2 is 1.69 bits per heavy atom. The molecule has 0 saturated carbocycles. The summed E-state index contributed by atoms with van der Waals surface area (Å²) in [6.45, 7) is 3.79. The fourth-order valence-corrected chi connectivity index (χ4v) is 2.21. The molecule has 0 unspecified atom stereocenters. The molecule has 0 atom stereocenters. The van der Waals surface area contributed by atoms with Gasteiger partial charge < -0.3 is 14.4 Å². The third-order valence-electron chi connectivity index (χ3n) is 2.05. The van der Waals surface area contributed by atoms with Gasteiger partial charge in [0.15, 0.2) is 0 Å². The molecule has 16 heavy (non-hydrogen) atoms. The minimum atomic E-state index is -4.73. The Balaban J connectivity index is 2.74. The van der Waals surface area contributed by atoms with E-state index in [1.807, 2.05) is 32.0 Å². The van der Waals surface area contributed by atoms with Gasteiger partial charge in [-0.3, -0.25) is 4.79 Å². The third-order valence-corrected chi connectivity index (χ3v) is 2.79. The van der Waals surface area contributed by atoms with Crippen molar-refractivity contribution >= 4 is 13.4 Å². The molecule has 4 nitrogen and oxygen atoms in total. The summed E-state index contributed by atoms with van der Waals surface area (Å²) in [6.07, 6.45) is -0.906. The molecule has 5 heteroatoms. The first kappa shape index (κ1) is 13.1. The Morgan fingerprint density at radius 3 is 2.12 bits per heavy atom. The number of Topliss-reactive ketones (excluding diaryl/α,β-unsaturated/α-hetero) is 1. The van der Waals surface area contributed by atoms with Gasteiger partial charge in [-0.2, -0.15) is 0 Å². The number of hydrogen-bond acceptors (Lipinski definition) is 4. The highest BCUT2D eigenvalue weighted by atomic mass is 31.2. The van der Waals surface area contributed by atoms with Crippen LogP contribution in [0.1, 0.15) is 16.7 Å². The molecule has 0 spiro atoms. The van der Waals surface area contributed by atoms with Crippen molar-refractivity contribution in [3.05, 3.63) is 34.9 Å². The lowest BCUT2D eigenvalue weighted by atomic mass is 10.0. The molecule has 0 aromatic heterocycles. The van der Waals surface area contributed by atoms with Crippen LogP contribution in [0.2, 0.25) is 0 Å². The second-order valence-corrected chi connectivity index (χ2v) is 5.52. The predicted molar refractivity (Wildman–Crippen MR) is 57.1 cm³/mol. The molecule has 0 radical (unpaired) electrons. The zero-order chi connectivity index (χ0) is 12.3. The maximum atomic E-state index is 11.3. The average Bonchev–Trinajstić information content (AvgIpc) is 1.96. The largest absolute Gasteiger partial charge is 0.810 e. The van der Waals surface area contributed by atoms with Crippen LogP contribution in [0.25, 0.3) is 0 Å². The Kier molecular flexibility index (Phi) is 4.03. The summed E-state index contributed by atoms with van der Waals surface area (Å²) in [6, 6.07) is 5.58. The van der Waals surface area contributed by atoms with Crippen molar-refractivity contribution < 1.29 is 19.1 Å². The Labute approximate surface area is 94.5 Å². The van der Waals surface area contributed by atoms with Gasteiger partial charge in [0.2, 0.25) is 0 Å². The number of ketones is 1. The first-order valence-corrected chi connectivity index (χ1v) is 6.59. The molecule has 0 bridgehead atoms. The van der Waals surface area contributed by atoms with Crippen LogP contribution in [0, 0.1) is 13.8 Å². The van der Waals surface area contributed by atoms with Crippen molar-refractivity contribution in [3.8, 4) is 0 Å². The smallest absolute Gasteiger partial charge is 0.142 e. The topological polar surface area (TPSA) is 80.3 Å². The Morgan fingerprint density at radius 1 is 1.19 bits per heavy atom. The van der Waals surface area contributed by atoms with E-state index in [0.29, 0.717) is 0 Å². The molecular formula is C11H13O4P-2. The summed E-state index contributed by atoms with van der Waals surface area (Å²) in [5, 5.41) is 0. The van der Waals surface area contributed by atoms with Crippen LogP contribution in [0.4, 0.5) is 0 Å². The number of carbonyl (C=O) groups is 1. The molecule has 0 N–H and O–H groups in total. The van der Waals surface area contributed by atoms with Crippen LogP contribution < -0.4 is 9.79 Å². The van der Waals surface area contributed by atoms with E-state index in [2.05, 4.69) is 0 Å². The van der Waals surface area contributed by atoms with E-state index in [1.165, 1.54) is 0 Å². The van der Waals surface area contributed by atoms with Gasteiger partial charge in [-0.25, -0.2) is 0 Å². The van der Waals surface area contributed by atoms with E-state index in [-0.39, 0.29) is 6.42 Å². The van der Waals surface area contributed by atoms with Gasteiger partial charge in [-0.1, -0.05) is 36.9 Å². The van der Waals surface area contributed by atoms with Crippen molar-refractivity contribution in [2.45, 2.75) is 20.3 Å². The maximum Gasteiger partial charge on any atom is 0.142 e. The summed E-state index contributed by atoms with van der Waals surface area (Å²) in [4.78, 5) is 32.1. The molecule has 0 amide bonds. The highest BCUT2D eigenvalue weighted by molar-refractivity contribution is 7.49. The quantitative estimate of drug-likeness (QED) is 0.710. The first-order valence-electron chi connectivity index (χ1n) is 4.86. The van der Waals surface area contributed by atoms with Gasteiger partial charge in [0.25, 0.3) is 0 Å². The molecule has 0 heterocycles. The van der Waals surface area contributed by atoms with Gasteiger partial charge in [0.05, 0.1) is 0 Å². The van der Waals surface area contributed by atoms with E-state index in [0.717, 1.165) is 16.7 Å². The second-order valence-electron chi connectivity index (χ2n) is 3.98. The lowest BCUT2D eigenvalue weighted by Gasteiger charge is -2.28. The van der Waals surface area contributed by atoms with E-state index >= 15 is 0 Å². The second kappa shape index (κ2) is 4.91. The number of carbonyl (C=O) groups excluding carboxylic acids is 1. The lowest BCUT2D eigenvalue weighted by molar-refractivity contribution is -0.312. The maximum absolute atomic E-state index is 11.3. The van der Waals surface area contributed by atoms with Crippen LogP contribution in [0.5, 0.6) is 0 Å². The molecule has 0 aliphatic heterocycles. The Hall–Kier alpha value is -0.960. The SMILES string of the molecule is Cc1cc(C)cc(CC(=O)CP(=O)([O-])[O-])c1. The van der Waals surface area contributed by atoms with Crippen LogP contribution in [-0.4, -0.2) is 11.9 Å². The van der Waals surface area contributed by atoms with Crippen molar-refractivity contribution in [2.75, 3.05) is 6.16 Å². The average molecular weight is 240 g/mol. The molecule has 0 fully saturated rings. The fraction of sp³-hybridized carbons (Fsp3) is 0.364. The number of benzene rings is 1. The van der Waals surface area contributed by atoms with Crippen molar-refractivity contribution in [3.63, 3.8) is 0 Å². The fourth-order valence-electron chi connectivity index (χ4n) is 1.67. The predicted octanol–water partition coefficient (Wildman–Crippen LogP) is 0.329. The van der Waals surface area contributed by atoms with Gasteiger partial charge in [0.1, 0.15) is 5.78 Å². The first-order chi connectivity index (χ1) is 7.26. The minimum absolute atomic E-state index is 0.00299. The molecule has 0 aliphatic carbocycles. The van der Waals surface area contributed by atoms with Gasteiger partial charge in [0, 0.05) is 12.6 Å². The van der Waals surface area contributed by atoms with Gasteiger partial charge >= 0.3 is 0 Å². The van der Waals surface area contributed by atoms with E-state index in [4.69, 9.17) is 0 Å². The Bertz CT molecular complexity index is 427. The zero-order valence-corrected chi connectivity index (χ0v) is 10.1. The summed E-state index contributed by atoms with van der Waals surface area (Å²) in [7, 11) is -4.73. The van der Waals surface area contributed by atoms with Crippen molar-refractivity contribution in [1.29, 1.82) is 0 Å². The van der Waals surface area contributed by atoms with Crippen molar-refractivity contribution in [1.82, 2.24) is 0 Å². The van der Waals surface area contributed by atoms with Crippen LogP contribution >= 0.6 is 7.60 Å². The molecule has 1 aromatic carbocycles. The molecule has 0 saturated heterocycles. The molecule has 1 aromatic rings. The van der Waals surface area contributed by atoms with Crippen molar-refractivity contribution in [2.24, 2.45) is 0 Å².